The van der Waals surface area contributed by atoms with Gasteiger partial charge in [-0.15, -0.1) is 0 Å². The molecule has 1 amide bonds. The third-order valence-electron chi connectivity index (χ3n) is 3.26. The van der Waals surface area contributed by atoms with Crippen molar-refractivity contribution in [1.82, 2.24) is 20.0 Å². The molecule has 6 heteroatoms. The lowest BCUT2D eigenvalue weighted by molar-refractivity contribution is 0.0942. The molecule has 6 nitrogen and oxygen atoms in total. The van der Waals surface area contributed by atoms with Gasteiger partial charge >= 0.3 is 0 Å². The SMILES string of the molecule is Cc1cc(C(=O)NCc2ccc(Cn3ccnc3)cc2)no1. The average molecular weight is 296 g/mol. The van der Waals surface area contributed by atoms with Gasteiger partial charge in [-0.1, -0.05) is 29.4 Å². The summed E-state index contributed by atoms with van der Waals surface area (Å²) in [5.74, 6) is 0.383. The van der Waals surface area contributed by atoms with Gasteiger partial charge in [0, 0.05) is 31.5 Å². The number of imidazole rings is 1. The van der Waals surface area contributed by atoms with E-state index in [1.807, 2.05) is 35.0 Å². The Balaban J connectivity index is 1.56. The molecule has 0 fully saturated rings. The van der Waals surface area contributed by atoms with E-state index in [1.54, 1.807) is 25.5 Å². The topological polar surface area (TPSA) is 73.0 Å². The largest absolute Gasteiger partial charge is 0.361 e. The monoisotopic (exact) mass is 296 g/mol. The van der Waals surface area contributed by atoms with E-state index >= 15 is 0 Å². The Kier molecular flexibility index (Phi) is 4.00. The summed E-state index contributed by atoms with van der Waals surface area (Å²) >= 11 is 0. The van der Waals surface area contributed by atoms with Crippen LogP contribution in [0.15, 0.2) is 53.6 Å². The molecule has 0 atom stereocenters. The predicted molar refractivity (Wildman–Crippen MR) is 80.2 cm³/mol. The van der Waals surface area contributed by atoms with E-state index in [0.29, 0.717) is 18.0 Å². The lowest BCUT2D eigenvalue weighted by Gasteiger charge is -2.06. The second-order valence-electron chi connectivity index (χ2n) is 5.06. The average Bonchev–Trinajstić information content (AvgIpc) is 3.18. The van der Waals surface area contributed by atoms with Crippen LogP contribution in [0, 0.1) is 6.92 Å². The Labute approximate surface area is 127 Å². The normalized spacial score (nSPS) is 10.6. The summed E-state index contributed by atoms with van der Waals surface area (Å²) in [6.07, 6.45) is 5.47. The Hall–Kier alpha value is -2.89. The fourth-order valence-corrected chi connectivity index (χ4v) is 2.10. The lowest BCUT2D eigenvalue weighted by Crippen LogP contribution is -2.23. The van der Waals surface area contributed by atoms with Crippen LogP contribution in [0.3, 0.4) is 0 Å². The van der Waals surface area contributed by atoms with Crippen molar-refractivity contribution in [2.45, 2.75) is 20.0 Å². The third-order valence-corrected chi connectivity index (χ3v) is 3.26. The Morgan fingerprint density at radius 3 is 2.68 bits per heavy atom. The number of hydrogen-bond donors (Lipinski definition) is 1. The first-order chi connectivity index (χ1) is 10.7. The summed E-state index contributed by atoms with van der Waals surface area (Å²) in [5, 5.41) is 6.51. The summed E-state index contributed by atoms with van der Waals surface area (Å²) in [7, 11) is 0. The van der Waals surface area contributed by atoms with Crippen molar-refractivity contribution in [2.75, 3.05) is 0 Å². The minimum Gasteiger partial charge on any atom is -0.361 e. The van der Waals surface area contributed by atoms with Crippen molar-refractivity contribution >= 4 is 5.91 Å². The smallest absolute Gasteiger partial charge is 0.273 e. The molecule has 0 aliphatic carbocycles. The summed E-state index contributed by atoms with van der Waals surface area (Å²) in [6.45, 7) is 2.99. The van der Waals surface area contributed by atoms with Crippen molar-refractivity contribution < 1.29 is 9.32 Å². The number of aromatic nitrogens is 3. The summed E-state index contributed by atoms with van der Waals surface area (Å²) in [4.78, 5) is 15.9. The van der Waals surface area contributed by atoms with Gasteiger partial charge in [0.05, 0.1) is 6.33 Å². The molecule has 0 spiro atoms. The summed E-state index contributed by atoms with van der Waals surface area (Å²) in [5.41, 5.74) is 2.51. The van der Waals surface area contributed by atoms with E-state index in [-0.39, 0.29) is 5.91 Å². The maximum atomic E-state index is 11.9. The van der Waals surface area contributed by atoms with Gasteiger partial charge in [-0.3, -0.25) is 4.79 Å². The van der Waals surface area contributed by atoms with Crippen LogP contribution < -0.4 is 5.32 Å². The zero-order valence-corrected chi connectivity index (χ0v) is 12.2. The molecular weight excluding hydrogens is 280 g/mol. The highest BCUT2D eigenvalue weighted by molar-refractivity contribution is 5.92. The fraction of sp³-hybridized carbons (Fsp3) is 0.188. The Morgan fingerprint density at radius 1 is 1.27 bits per heavy atom. The molecule has 22 heavy (non-hydrogen) atoms. The molecule has 0 saturated heterocycles. The van der Waals surface area contributed by atoms with Crippen molar-refractivity contribution in [2.24, 2.45) is 0 Å². The maximum absolute atomic E-state index is 11.9. The molecule has 3 aromatic rings. The van der Waals surface area contributed by atoms with Gasteiger partial charge in [0.1, 0.15) is 5.76 Å². The minimum absolute atomic E-state index is 0.237. The van der Waals surface area contributed by atoms with E-state index in [0.717, 1.165) is 12.1 Å². The van der Waals surface area contributed by atoms with Crippen LogP contribution >= 0.6 is 0 Å². The van der Waals surface area contributed by atoms with Crippen LogP contribution in [-0.4, -0.2) is 20.6 Å². The van der Waals surface area contributed by atoms with Crippen LogP contribution in [0.25, 0.3) is 0 Å². The van der Waals surface area contributed by atoms with Crippen LogP contribution in [0.2, 0.25) is 0 Å². The number of carbonyl (C=O) groups is 1. The molecule has 3 rings (SSSR count). The number of rotatable bonds is 5. The van der Waals surface area contributed by atoms with Gasteiger partial charge in [-0.2, -0.15) is 0 Å². The fourth-order valence-electron chi connectivity index (χ4n) is 2.10. The molecule has 0 radical (unpaired) electrons. The first-order valence-corrected chi connectivity index (χ1v) is 6.96. The number of aryl methyl sites for hydroxylation is 1. The molecule has 112 valence electrons. The first kappa shape index (κ1) is 14.1. The second kappa shape index (κ2) is 6.26. The summed E-state index contributed by atoms with van der Waals surface area (Å²) in [6, 6.07) is 9.70. The van der Waals surface area contributed by atoms with Crippen LogP contribution in [0.5, 0.6) is 0 Å². The van der Waals surface area contributed by atoms with Crippen molar-refractivity contribution in [1.29, 1.82) is 0 Å². The summed E-state index contributed by atoms with van der Waals surface area (Å²) < 4.78 is 6.89. The number of hydrogen-bond acceptors (Lipinski definition) is 4. The molecule has 1 aromatic carbocycles. The first-order valence-electron chi connectivity index (χ1n) is 6.96. The number of amides is 1. The zero-order chi connectivity index (χ0) is 15.4. The molecule has 2 heterocycles. The second-order valence-corrected chi connectivity index (χ2v) is 5.06. The molecule has 0 aliphatic heterocycles. The predicted octanol–water partition coefficient (Wildman–Crippen LogP) is 2.16. The molecule has 1 N–H and O–H groups in total. The molecule has 0 unspecified atom stereocenters. The molecule has 2 aromatic heterocycles. The van der Waals surface area contributed by atoms with Crippen LogP contribution in [0.4, 0.5) is 0 Å². The van der Waals surface area contributed by atoms with Crippen molar-refractivity contribution in [3.05, 3.63) is 71.6 Å². The molecular formula is C16H16N4O2. The lowest BCUT2D eigenvalue weighted by atomic mass is 10.1. The minimum atomic E-state index is -0.237. The number of nitrogens with zero attached hydrogens (tertiary/aromatic N) is 3. The van der Waals surface area contributed by atoms with E-state index < -0.39 is 0 Å². The quantitative estimate of drug-likeness (QED) is 0.783. The number of nitrogens with one attached hydrogen (secondary N) is 1. The molecule has 0 aliphatic rings. The van der Waals surface area contributed by atoms with E-state index in [2.05, 4.69) is 15.5 Å². The highest BCUT2D eigenvalue weighted by Crippen LogP contribution is 2.07. The highest BCUT2D eigenvalue weighted by atomic mass is 16.5. The van der Waals surface area contributed by atoms with Gasteiger partial charge in [0.25, 0.3) is 5.91 Å². The van der Waals surface area contributed by atoms with Gasteiger partial charge in [-0.25, -0.2) is 4.98 Å². The van der Waals surface area contributed by atoms with Gasteiger partial charge in [0.2, 0.25) is 0 Å². The van der Waals surface area contributed by atoms with Crippen molar-refractivity contribution in [3.8, 4) is 0 Å². The van der Waals surface area contributed by atoms with E-state index in [4.69, 9.17) is 4.52 Å². The van der Waals surface area contributed by atoms with Crippen LogP contribution in [0.1, 0.15) is 27.4 Å². The van der Waals surface area contributed by atoms with E-state index in [1.165, 1.54) is 5.56 Å². The maximum Gasteiger partial charge on any atom is 0.273 e. The number of carbonyl (C=O) groups excluding carboxylic acids is 1. The Morgan fingerprint density at radius 2 is 2.05 bits per heavy atom. The highest BCUT2D eigenvalue weighted by Gasteiger charge is 2.10. The Bertz CT molecular complexity index is 745. The van der Waals surface area contributed by atoms with Crippen molar-refractivity contribution in [3.63, 3.8) is 0 Å². The number of benzene rings is 1. The van der Waals surface area contributed by atoms with Gasteiger partial charge in [-0.05, 0) is 18.1 Å². The third kappa shape index (κ3) is 3.41. The molecule has 0 bridgehead atoms. The standard InChI is InChI=1S/C16H16N4O2/c1-12-8-15(19-22-12)16(21)18-9-13-2-4-14(5-3-13)10-20-7-6-17-11-20/h2-8,11H,9-10H2,1H3,(H,18,21). The zero-order valence-electron chi connectivity index (χ0n) is 12.2. The molecule has 0 saturated carbocycles. The van der Waals surface area contributed by atoms with E-state index in [9.17, 15) is 4.79 Å². The van der Waals surface area contributed by atoms with Crippen LogP contribution in [-0.2, 0) is 13.1 Å². The van der Waals surface area contributed by atoms with Gasteiger partial charge < -0.3 is 14.4 Å². The van der Waals surface area contributed by atoms with Gasteiger partial charge in [0.15, 0.2) is 5.69 Å².